The summed E-state index contributed by atoms with van der Waals surface area (Å²) in [5.41, 5.74) is 1.28. The van der Waals surface area contributed by atoms with Gasteiger partial charge in [0.2, 0.25) is 0 Å². The average Bonchev–Trinajstić information content (AvgIpc) is 2.49. The molecule has 2 rings (SSSR count). The van der Waals surface area contributed by atoms with Crippen LogP contribution in [0.1, 0.15) is 11.1 Å². The van der Waals surface area contributed by atoms with Crippen LogP contribution in [0.15, 0.2) is 48.5 Å². The molecule has 0 radical (unpaired) electrons. The van der Waals surface area contributed by atoms with E-state index in [1.54, 1.807) is 30.3 Å². The van der Waals surface area contributed by atoms with Gasteiger partial charge in [-0.1, -0.05) is 18.2 Å². The van der Waals surface area contributed by atoms with Crippen LogP contribution in [0.2, 0.25) is 0 Å². The normalized spacial score (nSPS) is 10.7. The molecule has 0 saturated carbocycles. The highest BCUT2D eigenvalue weighted by Gasteiger charge is 2.02. The number of aliphatic hydroxyl groups is 1. The summed E-state index contributed by atoms with van der Waals surface area (Å²) in [6.45, 7) is -0.0710. The molecule has 0 aromatic heterocycles. The average molecular weight is 286 g/mol. The first kappa shape index (κ1) is 14.6. The molecule has 0 aliphatic carbocycles. The van der Waals surface area contributed by atoms with Crippen molar-refractivity contribution in [3.8, 4) is 17.2 Å². The molecule has 0 bridgehead atoms. The molecule has 0 spiro atoms. The Labute approximate surface area is 121 Å². The second-order valence-corrected chi connectivity index (χ2v) is 4.30. The number of hydrogen-bond acceptors (Lipinski definition) is 5. The highest BCUT2D eigenvalue weighted by Crippen LogP contribution is 2.25. The summed E-state index contributed by atoms with van der Waals surface area (Å²) < 4.78 is 5.07. The Morgan fingerprint density at radius 3 is 2.38 bits per heavy atom. The number of esters is 1. The standard InChI is InChI=1S/C16H14O5/c17-10-12-1-5-13(6-2-12)21-16(20)8-4-11-3-7-14(18)15(19)9-11/h1-9,17-19H,10H2/b8-4+. The number of aliphatic hydroxyl groups excluding tert-OH is 1. The van der Waals surface area contributed by atoms with Crippen LogP contribution in [0.4, 0.5) is 0 Å². The molecule has 2 aromatic carbocycles. The largest absolute Gasteiger partial charge is 0.504 e. The van der Waals surface area contributed by atoms with Gasteiger partial charge < -0.3 is 20.1 Å². The number of rotatable bonds is 4. The topological polar surface area (TPSA) is 87.0 Å². The summed E-state index contributed by atoms with van der Waals surface area (Å²) in [4.78, 5) is 11.6. The predicted octanol–water partition coefficient (Wildman–Crippen LogP) is 2.21. The first-order chi connectivity index (χ1) is 10.1. The monoisotopic (exact) mass is 286 g/mol. The van der Waals surface area contributed by atoms with Gasteiger partial charge >= 0.3 is 5.97 Å². The van der Waals surface area contributed by atoms with E-state index in [4.69, 9.17) is 9.84 Å². The molecule has 5 nitrogen and oxygen atoms in total. The van der Waals surface area contributed by atoms with Gasteiger partial charge in [0.15, 0.2) is 11.5 Å². The third-order valence-electron chi connectivity index (χ3n) is 2.74. The summed E-state index contributed by atoms with van der Waals surface area (Å²) >= 11 is 0. The minimum absolute atomic E-state index is 0.0710. The quantitative estimate of drug-likeness (QED) is 0.347. The number of hydrogen-bond donors (Lipinski definition) is 3. The number of carbonyl (C=O) groups is 1. The number of phenolic OH excluding ortho intramolecular Hbond substituents is 2. The highest BCUT2D eigenvalue weighted by molar-refractivity contribution is 5.88. The zero-order valence-electron chi connectivity index (χ0n) is 11.1. The smallest absolute Gasteiger partial charge is 0.336 e. The maximum atomic E-state index is 11.6. The van der Waals surface area contributed by atoms with Crippen molar-refractivity contribution in [3.05, 3.63) is 59.7 Å². The van der Waals surface area contributed by atoms with E-state index >= 15 is 0 Å². The zero-order valence-corrected chi connectivity index (χ0v) is 11.1. The van der Waals surface area contributed by atoms with E-state index < -0.39 is 5.97 Å². The minimum atomic E-state index is -0.570. The molecule has 0 atom stereocenters. The van der Waals surface area contributed by atoms with Crippen LogP contribution in [0.3, 0.4) is 0 Å². The lowest BCUT2D eigenvalue weighted by Crippen LogP contribution is -2.03. The number of aromatic hydroxyl groups is 2. The summed E-state index contributed by atoms with van der Waals surface area (Å²) in [6, 6.07) is 10.7. The number of phenols is 2. The molecule has 0 amide bonds. The van der Waals surface area contributed by atoms with Crippen molar-refractivity contribution in [1.29, 1.82) is 0 Å². The van der Waals surface area contributed by atoms with Crippen LogP contribution < -0.4 is 4.74 Å². The zero-order chi connectivity index (χ0) is 15.2. The third kappa shape index (κ3) is 4.09. The molecule has 0 fully saturated rings. The van der Waals surface area contributed by atoms with E-state index in [9.17, 15) is 15.0 Å². The number of ether oxygens (including phenoxy) is 1. The molecule has 0 unspecified atom stereocenters. The van der Waals surface area contributed by atoms with E-state index in [0.29, 0.717) is 11.3 Å². The fourth-order valence-corrected chi connectivity index (χ4v) is 1.62. The van der Waals surface area contributed by atoms with Crippen molar-refractivity contribution in [2.75, 3.05) is 0 Å². The maximum absolute atomic E-state index is 11.6. The van der Waals surface area contributed by atoms with Crippen molar-refractivity contribution in [3.63, 3.8) is 0 Å². The molecule has 3 N–H and O–H groups in total. The SMILES string of the molecule is O=C(/C=C/c1ccc(O)c(O)c1)Oc1ccc(CO)cc1. The lowest BCUT2D eigenvalue weighted by molar-refractivity contribution is -0.128. The Morgan fingerprint density at radius 2 is 1.76 bits per heavy atom. The lowest BCUT2D eigenvalue weighted by atomic mass is 10.2. The summed E-state index contributed by atoms with van der Waals surface area (Å²) in [7, 11) is 0. The van der Waals surface area contributed by atoms with Crippen LogP contribution in [0, 0.1) is 0 Å². The van der Waals surface area contributed by atoms with Crippen LogP contribution in [-0.4, -0.2) is 21.3 Å². The van der Waals surface area contributed by atoms with Gasteiger partial charge in [-0.2, -0.15) is 0 Å². The third-order valence-corrected chi connectivity index (χ3v) is 2.74. The van der Waals surface area contributed by atoms with Crippen molar-refractivity contribution in [2.24, 2.45) is 0 Å². The Balaban J connectivity index is 1.99. The fraction of sp³-hybridized carbons (Fsp3) is 0.0625. The predicted molar refractivity (Wildman–Crippen MR) is 76.8 cm³/mol. The summed E-state index contributed by atoms with van der Waals surface area (Å²) in [5.74, 6) is -0.682. The Bertz CT molecular complexity index is 659. The van der Waals surface area contributed by atoms with Gasteiger partial charge in [-0.3, -0.25) is 0 Å². The first-order valence-corrected chi connectivity index (χ1v) is 6.20. The first-order valence-electron chi connectivity index (χ1n) is 6.20. The van der Waals surface area contributed by atoms with Gasteiger partial charge in [-0.25, -0.2) is 4.79 Å². The Kier molecular flexibility index (Phi) is 4.58. The van der Waals surface area contributed by atoms with Crippen LogP contribution in [0.5, 0.6) is 17.2 Å². The second-order valence-electron chi connectivity index (χ2n) is 4.30. The molecule has 2 aromatic rings. The van der Waals surface area contributed by atoms with Gasteiger partial charge in [-0.15, -0.1) is 0 Å². The van der Waals surface area contributed by atoms with Crippen molar-refractivity contribution in [1.82, 2.24) is 0 Å². The van der Waals surface area contributed by atoms with E-state index in [1.165, 1.54) is 24.3 Å². The molecule has 21 heavy (non-hydrogen) atoms. The maximum Gasteiger partial charge on any atom is 0.336 e. The van der Waals surface area contributed by atoms with Gasteiger partial charge in [0.25, 0.3) is 0 Å². The molecule has 0 aliphatic heterocycles. The molecule has 0 aliphatic rings. The van der Waals surface area contributed by atoms with Crippen molar-refractivity contribution < 1.29 is 24.9 Å². The molecule has 108 valence electrons. The lowest BCUT2D eigenvalue weighted by Gasteiger charge is -2.02. The van der Waals surface area contributed by atoms with E-state index in [-0.39, 0.29) is 18.1 Å². The van der Waals surface area contributed by atoms with Crippen molar-refractivity contribution >= 4 is 12.0 Å². The van der Waals surface area contributed by atoms with Gasteiger partial charge in [-0.05, 0) is 41.5 Å². The van der Waals surface area contributed by atoms with E-state index in [0.717, 1.165) is 5.56 Å². The summed E-state index contributed by atoms with van der Waals surface area (Å²) in [5, 5.41) is 27.4. The van der Waals surface area contributed by atoms with Crippen LogP contribution in [-0.2, 0) is 11.4 Å². The van der Waals surface area contributed by atoms with Crippen molar-refractivity contribution in [2.45, 2.75) is 6.61 Å². The Hall–Kier alpha value is -2.79. The minimum Gasteiger partial charge on any atom is -0.504 e. The van der Waals surface area contributed by atoms with E-state index in [1.807, 2.05) is 0 Å². The van der Waals surface area contributed by atoms with Crippen LogP contribution >= 0.6 is 0 Å². The molecule has 0 saturated heterocycles. The molecular weight excluding hydrogens is 272 g/mol. The van der Waals surface area contributed by atoms with Gasteiger partial charge in [0.05, 0.1) is 6.61 Å². The van der Waals surface area contributed by atoms with E-state index in [2.05, 4.69) is 0 Å². The fourth-order valence-electron chi connectivity index (χ4n) is 1.62. The van der Waals surface area contributed by atoms with Crippen LogP contribution in [0.25, 0.3) is 6.08 Å². The summed E-state index contributed by atoms with van der Waals surface area (Å²) in [6.07, 6.45) is 2.68. The highest BCUT2D eigenvalue weighted by atomic mass is 16.5. The number of carbonyl (C=O) groups excluding carboxylic acids is 1. The number of benzene rings is 2. The Morgan fingerprint density at radius 1 is 1.05 bits per heavy atom. The van der Waals surface area contributed by atoms with Gasteiger partial charge in [0, 0.05) is 6.08 Å². The molecule has 0 heterocycles. The second kappa shape index (κ2) is 6.58. The molecular formula is C16H14O5. The molecule has 5 heteroatoms. The van der Waals surface area contributed by atoms with Gasteiger partial charge in [0.1, 0.15) is 5.75 Å².